The molecule has 0 bridgehead atoms. The van der Waals surface area contributed by atoms with Crippen LogP contribution >= 0.6 is 11.3 Å². The van der Waals surface area contributed by atoms with E-state index in [1.165, 1.54) is 4.88 Å². The fourth-order valence-electron chi connectivity index (χ4n) is 3.60. The summed E-state index contributed by atoms with van der Waals surface area (Å²) in [6.07, 6.45) is 2.71. The molecule has 1 unspecified atom stereocenters. The fraction of sp³-hybridized carbons (Fsp3) is 0.722. The summed E-state index contributed by atoms with van der Waals surface area (Å²) < 4.78 is 0. The average Bonchev–Trinajstić information content (AvgIpc) is 3.14. The quantitative estimate of drug-likeness (QED) is 0.832. The monoisotopic (exact) mass is 338 g/mol. The molecule has 2 heterocycles. The summed E-state index contributed by atoms with van der Waals surface area (Å²) in [5.74, 6) is 0.457. The number of urea groups is 1. The van der Waals surface area contributed by atoms with E-state index in [0.717, 1.165) is 25.8 Å². The number of carbonyl (C=O) groups excluding carboxylic acids is 1. The van der Waals surface area contributed by atoms with Crippen LogP contribution in [0.15, 0.2) is 17.5 Å². The van der Waals surface area contributed by atoms with E-state index in [0.29, 0.717) is 12.5 Å². The molecule has 2 rings (SSSR count). The number of hydrogen-bond acceptors (Lipinski definition) is 3. The Morgan fingerprint density at radius 3 is 2.83 bits per heavy atom. The molecule has 130 valence electrons. The van der Waals surface area contributed by atoms with Gasteiger partial charge in [0.2, 0.25) is 0 Å². The summed E-state index contributed by atoms with van der Waals surface area (Å²) in [6, 6.07) is 4.12. The van der Waals surface area contributed by atoms with Crippen molar-refractivity contribution in [2.24, 2.45) is 5.92 Å². The van der Waals surface area contributed by atoms with Crippen LogP contribution in [0.25, 0.3) is 0 Å². The van der Waals surface area contributed by atoms with Crippen molar-refractivity contribution >= 4 is 17.4 Å². The SMILES string of the molecule is CC(C)CC1(CO)CCCN1C(=O)NCC(C)(C)c1cccs1. The molecule has 1 aliphatic rings. The molecule has 0 radical (unpaired) electrons. The normalized spacial score (nSPS) is 21.9. The average molecular weight is 339 g/mol. The number of rotatable bonds is 6. The van der Waals surface area contributed by atoms with Gasteiger partial charge in [-0.15, -0.1) is 11.3 Å². The zero-order valence-electron chi connectivity index (χ0n) is 14.8. The van der Waals surface area contributed by atoms with Crippen molar-refractivity contribution < 1.29 is 9.90 Å². The number of likely N-dealkylation sites (tertiary alicyclic amines) is 1. The number of thiophene rings is 1. The van der Waals surface area contributed by atoms with E-state index in [-0.39, 0.29) is 23.6 Å². The molecule has 4 nitrogen and oxygen atoms in total. The Bertz CT molecular complexity index is 513. The van der Waals surface area contributed by atoms with Crippen molar-refractivity contribution in [1.29, 1.82) is 0 Å². The van der Waals surface area contributed by atoms with E-state index in [1.54, 1.807) is 11.3 Å². The van der Waals surface area contributed by atoms with Crippen molar-refractivity contribution in [1.82, 2.24) is 10.2 Å². The smallest absolute Gasteiger partial charge is 0.317 e. The van der Waals surface area contributed by atoms with Gasteiger partial charge >= 0.3 is 6.03 Å². The summed E-state index contributed by atoms with van der Waals surface area (Å²) in [4.78, 5) is 15.9. The van der Waals surface area contributed by atoms with Crippen LogP contribution in [0.1, 0.15) is 51.8 Å². The number of nitrogens with one attached hydrogen (secondary N) is 1. The van der Waals surface area contributed by atoms with Gasteiger partial charge in [-0.05, 0) is 36.6 Å². The lowest BCUT2D eigenvalue weighted by Gasteiger charge is -2.39. The molecule has 1 aromatic rings. The summed E-state index contributed by atoms with van der Waals surface area (Å²) in [5, 5.41) is 15.1. The van der Waals surface area contributed by atoms with Gasteiger partial charge in [0.1, 0.15) is 0 Å². The van der Waals surface area contributed by atoms with Crippen LogP contribution in [0.3, 0.4) is 0 Å². The molecular formula is C18H30N2O2S. The number of aliphatic hydroxyl groups excluding tert-OH is 1. The first-order valence-corrected chi connectivity index (χ1v) is 9.39. The predicted octanol–water partition coefficient (Wildman–Crippen LogP) is 3.61. The van der Waals surface area contributed by atoms with E-state index in [2.05, 4.69) is 44.5 Å². The maximum atomic E-state index is 12.7. The highest BCUT2D eigenvalue weighted by Crippen LogP contribution is 2.35. The second kappa shape index (κ2) is 7.22. The van der Waals surface area contributed by atoms with Gasteiger partial charge in [0, 0.05) is 23.4 Å². The lowest BCUT2D eigenvalue weighted by molar-refractivity contribution is 0.0672. The van der Waals surface area contributed by atoms with Gasteiger partial charge in [0.25, 0.3) is 0 Å². The van der Waals surface area contributed by atoms with Crippen molar-refractivity contribution in [3.8, 4) is 0 Å². The number of hydrogen-bond donors (Lipinski definition) is 2. The summed E-state index contributed by atoms with van der Waals surface area (Å²) in [6.45, 7) is 9.97. The topological polar surface area (TPSA) is 52.6 Å². The molecule has 1 fully saturated rings. The van der Waals surface area contributed by atoms with Gasteiger partial charge in [0.15, 0.2) is 0 Å². The minimum atomic E-state index is -0.384. The Balaban J connectivity index is 2.02. The molecule has 1 aromatic heterocycles. The molecule has 0 spiro atoms. The molecule has 0 aliphatic carbocycles. The molecule has 5 heteroatoms. The lowest BCUT2D eigenvalue weighted by Crippen LogP contribution is -2.55. The van der Waals surface area contributed by atoms with Crippen LogP contribution in [0, 0.1) is 5.92 Å². The maximum Gasteiger partial charge on any atom is 0.317 e. The molecule has 1 saturated heterocycles. The van der Waals surface area contributed by atoms with E-state index < -0.39 is 0 Å². The van der Waals surface area contributed by atoms with Crippen LogP contribution < -0.4 is 5.32 Å². The van der Waals surface area contributed by atoms with E-state index in [4.69, 9.17) is 0 Å². The Morgan fingerprint density at radius 2 is 2.26 bits per heavy atom. The van der Waals surface area contributed by atoms with Gasteiger partial charge in [-0.2, -0.15) is 0 Å². The summed E-state index contributed by atoms with van der Waals surface area (Å²) >= 11 is 1.72. The molecule has 1 aliphatic heterocycles. The highest BCUT2D eigenvalue weighted by molar-refractivity contribution is 7.10. The van der Waals surface area contributed by atoms with E-state index in [9.17, 15) is 9.90 Å². The van der Waals surface area contributed by atoms with Crippen LogP contribution in [-0.4, -0.2) is 41.3 Å². The summed E-state index contributed by atoms with van der Waals surface area (Å²) in [5.41, 5.74) is -0.463. The number of nitrogens with zero attached hydrogens (tertiary/aromatic N) is 1. The van der Waals surface area contributed by atoms with Crippen molar-refractivity contribution in [2.75, 3.05) is 19.7 Å². The molecule has 0 aromatic carbocycles. The number of aliphatic hydroxyl groups is 1. The maximum absolute atomic E-state index is 12.7. The second-order valence-corrected chi connectivity index (χ2v) is 8.70. The van der Waals surface area contributed by atoms with Gasteiger partial charge in [-0.3, -0.25) is 0 Å². The molecule has 1 atom stereocenters. The molecule has 2 N–H and O–H groups in total. The van der Waals surface area contributed by atoms with Crippen LogP contribution in [0.5, 0.6) is 0 Å². The first kappa shape index (κ1) is 18.3. The van der Waals surface area contributed by atoms with Crippen molar-refractivity contribution in [2.45, 2.75) is 57.9 Å². The summed E-state index contributed by atoms with van der Waals surface area (Å²) in [7, 11) is 0. The Hall–Kier alpha value is -1.07. The second-order valence-electron chi connectivity index (χ2n) is 7.76. The Labute approximate surface area is 143 Å². The number of carbonyl (C=O) groups is 1. The Kier molecular flexibility index (Phi) is 5.74. The van der Waals surface area contributed by atoms with Crippen LogP contribution in [-0.2, 0) is 5.41 Å². The third-order valence-electron chi connectivity index (χ3n) is 4.79. The standard InChI is InChI=1S/C18H30N2O2S/c1-14(2)11-18(13-21)8-6-9-20(18)16(22)19-12-17(3,4)15-7-5-10-23-15/h5,7,10,14,21H,6,8-9,11-13H2,1-4H3,(H,19,22). The lowest BCUT2D eigenvalue weighted by atomic mass is 9.87. The van der Waals surface area contributed by atoms with Gasteiger partial charge < -0.3 is 15.3 Å². The van der Waals surface area contributed by atoms with Gasteiger partial charge in [-0.25, -0.2) is 4.79 Å². The largest absolute Gasteiger partial charge is 0.394 e. The minimum Gasteiger partial charge on any atom is -0.394 e. The molecule has 2 amide bonds. The molecule has 0 saturated carbocycles. The highest BCUT2D eigenvalue weighted by Gasteiger charge is 2.43. The van der Waals surface area contributed by atoms with E-state index in [1.807, 2.05) is 11.0 Å². The Morgan fingerprint density at radius 1 is 1.52 bits per heavy atom. The van der Waals surface area contributed by atoms with E-state index >= 15 is 0 Å². The van der Waals surface area contributed by atoms with Crippen molar-refractivity contribution in [3.05, 3.63) is 22.4 Å². The minimum absolute atomic E-state index is 0.0400. The van der Waals surface area contributed by atoms with Crippen molar-refractivity contribution in [3.63, 3.8) is 0 Å². The van der Waals surface area contributed by atoms with Gasteiger partial charge in [0.05, 0.1) is 12.1 Å². The van der Waals surface area contributed by atoms with Crippen LogP contribution in [0.2, 0.25) is 0 Å². The first-order valence-electron chi connectivity index (χ1n) is 8.51. The third kappa shape index (κ3) is 4.07. The molecule has 23 heavy (non-hydrogen) atoms. The zero-order valence-corrected chi connectivity index (χ0v) is 15.6. The predicted molar refractivity (Wildman–Crippen MR) is 96.0 cm³/mol. The first-order chi connectivity index (χ1) is 10.8. The van der Waals surface area contributed by atoms with Gasteiger partial charge in [-0.1, -0.05) is 33.8 Å². The molecular weight excluding hydrogens is 308 g/mol. The zero-order chi connectivity index (χ0) is 17.1. The fourth-order valence-corrected chi connectivity index (χ4v) is 4.45. The van der Waals surface area contributed by atoms with Crippen LogP contribution in [0.4, 0.5) is 4.79 Å². The highest BCUT2D eigenvalue weighted by atomic mass is 32.1. The third-order valence-corrected chi connectivity index (χ3v) is 6.03. The number of amides is 2.